The normalized spacial score (nSPS) is 13.6. The molecule has 0 aliphatic rings. The Kier molecular flexibility index (Phi) is 5.96. The molecule has 2 aromatic carbocycles. The zero-order valence-corrected chi connectivity index (χ0v) is 15.2. The lowest BCUT2D eigenvalue weighted by Gasteiger charge is -2.13. The summed E-state index contributed by atoms with van der Waals surface area (Å²) in [5, 5.41) is 9.66. The first-order chi connectivity index (χ1) is 11.6. The summed E-state index contributed by atoms with van der Waals surface area (Å²) in [6.45, 7) is 2.72. The Hall–Kier alpha value is -1.78. The fraction of sp³-hybridized carbons (Fsp3) is 0.250. The molecular formula is C16H18O7S2. The van der Waals surface area contributed by atoms with Crippen LogP contribution in [-0.4, -0.2) is 34.8 Å². The molecular weight excluding hydrogens is 368 g/mol. The number of benzene rings is 2. The van der Waals surface area contributed by atoms with E-state index in [1.165, 1.54) is 24.3 Å². The zero-order chi connectivity index (χ0) is 18.7. The van der Waals surface area contributed by atoms with Crippen LogP contribution in [0.2, 0.25) is 0 Å². The maximum absolute atomic E-state index is 12.0. The van der Waals surface area contributed by atoms with Gasteiger partial charge in [0.1, 0.15) is 6.61 Å². The standard InChI is InChI=1S/C16H18O7S2/c1-12-3-7-14(8-4-12)24(18,19)22-11-16(17)23-25(20,21)15-9-5-13(2)6-10-15/h3-10,16-17H,11H2,1-2H3. The molecule has 0 bridgehead atoms. The predicted octanol–water partition coefficient (Wildman–Crippen LogP) is 1.73. The monoisotopic (exact) mass is 386 g/mol. The van der Waals surface area contributed by atoms with Gasteiger partial charge in [0, 0.05) is 0 Å². The molecule has 1 N–H and O–H groups in total. The van der Waals surface area contributed by atoms with E-state index in [0.29, 0.717) is 0 Å². The highest BCUT2D eigenvalue weighted by molar-refractivity contribution is 7.87. The quantitative estimate of drug-likeness (QED) is 0.570. The number of hydrogen-bond acceptors (Lipinski definition) is 7. The van der Waals surface area contributed by atoms with Gasteiger partial charge in [-0.25, -0.2) is 4.18 Å². The highest BCUT2D eigenvalue weighted by atomic mass is 32.2. The Morgan fingerprint density at radius 2 is 1.20 bits per heavy atom. The van der Waals surface area contributed by atoms with E-state index in [-0.39, 0.29) is 9.79 Å². The summed E-state index contributed by atoms with van der Waals surface area (Å²) in [5.41, 5.74) is 1.72. The Bertz CT molecular complexity index is 915. The van der Waals surface area contributed by atoms with Crippen LogP contribution in [0.4, 0.5) is 0 Å². The highest BCUT2D eigenvalue weighted by Gasteiger charge is 2.23. The van der Waals surface area contributed by atoms with Crippen molar-refractivity contribution in [2.75, 3.05) is 6.61 Å². The van der Waals surface area contributed by atoms with Gasteiger partial charge in [0.25, 0.3) is 20.2 Å². The second kappa shape index (κ2) is 7.63. The molecule has 25 heavy (non-hydrogen) atoms. The van der Waals surface area contributed by atoms with Crippen LogP contribution in [0.25, 0.3) is 0 Å². The number of rotatable bonds is 7. The van der Waals surface area contributed by atoms with Crippen LogP contribution in [0, 0.1) is 13.8 Å². The molecule has 0 aromatic heterocycles. The first kappa shape index (κ1) is 19.5. The van der Waals surface area contributed by atoms with Crippen molar-refractivity contribution < 1.29 is 30.3 Å². The summed E-state index contributed by atoms with van der Waals surface area (Å²) in [5.74, 6) is 0. The van der Waals surface area contributed by atoms with Gasteiger partial charge >= 0.3 is 0 Å². The van der Waals surface area contributed by atoms with Gasteiger partial charge in [-0.1, -0.05) is 35.4 Å². The van der Waals surface area contributed by atoms with Gasteiger partial charge in [0.15, 0.2) is 6.29 Å². The average molecular weight is 386 g/mol. The van der Waals surface area contributed by atoms with Crippen LogP contribution in [0.1, 0.15) is 11.1 Å². The summed E-state index contributed by atoms with van der Waals surface area (Å²) in [6.07, 6.45) is -1.97. The number of aryl methyl sites for hydroxylation is 2. The van der Waals surface area contributed by atoms with Crippen LogP contribution in [0.3, 0.4) is 0 Å². The van der Waals surface area contributed by atoms with Gasteiger partial charge in [-0.2, -0.15) is 16.8 Å². The first-order valence-electron chi connectivity index (χ1n) is 7.24. The largest absolute Gasteiger partial charge is 0.365 e. The maximum Gasteiger partial charge on any atom is 0.299 e. The predicted molar refractivity (Wildman–Crippen MR) is 89.8 cm³/mol. The van der Waals surface area contributed by atoms with Gasteiger partial charge in [-0.05, 0) is 38.1 Å². The molecule has 0 aliphatic heterocycles. The minimum atomic E-state index is -4.24. The third-order valence-corrected chi connectivity index (χ3v) is 5.84. The van der Waals surface area contributed by atoms with Crippen molar-refractivity contribution in [1.82, 2.24) is 0 Å². The topological polar surface area (TPSA) is 107 Å². The fourth-order valence-electron chi connectivity index (χ4n) is 1.86. The Labute approximate surface area is 147 Å². The number of aliphatic hydroxyl groups is 1. The van der Waals surface area contributed by atoms with Crippen LogP contribution < -0.4 is 0 Å². The van der Waals surface area contributed by atoms with E-state index in [2.05, 4.69) is 8.37 Å². The minimum Gasteiger partial charge on any atom is -0.365 e. The number of hydrogen-bond donors (Lipinski definition) is 1. The molecule has 0 aliphatic carbocycles. The summed E-state index contributed by atoms with van der Waals surface area (Å²) in [4.78, 5) is -0.259. The van der Waals surface area contributed by atoms with E-state index >= 15 is 0 Å². The van der Waals surface area contributed by atoms with Crippen molar-refractivity contribution in [3.63, 3.8) is 0 Å². The third-order valence-electron chi connectivity index (χ3n) is 3.22. The molecule has 2 rings (SSSR count). The second-order valence-electron chi connectivity index (χ2n) is 5.37. The molecule has 136 valence electrons. The van der Waals surface area contributed by atoms with Crippen molar-refractivity contribution in [1.29, 1.82) is 0 Å². The van der Waals surface area contributed by atoms with Gasteiger partial charge in [-0.15, -0.1) is 0 Å². The zero-order valence-electron chi connectivity index (χ0n) is 13.6. The van der Waals surface area contributed by atoms with Crippen molar-refractivity contribution in [2.24, 2.45) is 0 Å². The molecule has 0 spiro atoms. The summed E-state index contributed by atoms with van der Waals surface area (Å²) < 4.78 is 57.2. The van der Waals surface area contributed by atoms with E-state index in [1.807, 2.05) is 0 Å². The Morgan fingerprint density at radius 1 is 0.800 bits per heavy atom. The summed E-state index contributed by atoms with van der Waals surface area (Å²) in [7, 11) is -8.37. The lowest BCUT2D eigenvalue weighted by Crippen LogP contribution is -2.25. The van der Waals surface area contributed by atoms with Gasteiger partial charge in [-0.3, -0.25) is 4.18 Å². The fourth-order valence-corrected chi connectivity index (χ4v) is 3.68. The van der Waals surface area contributed by atoms with Crippen molar-refractivity contribution in [2.45, 2.75) is 29.9 Å². The summed E-state index contributed by atoms with van der Waals surface area (Å²) >= 11 is 0. The molecule has 0 amide bonds. The Morgan fingerprint density at radius 3 is 1.64 bits per heavy atom. The van der Waals surface area contributed by atoms with Crippen LogP contribution in [0.5, 0.6) is 0 Å². The minimum absolute atomic E-state index is 0.105. The molecule has 0 radical (unpaired) electrons. The molecule has 0 heterocycles. The van der Waals surface area contributed by atoms with Crippen molar-refractivity contribution in [3.8, 4) is 0 Å². The van der Waals surface area contributed by atoms with Crippen molar-refractivity contribution in [3.05, 3.63) is 59.7 Å². The lowest BCUT2D eigenvalue weighted by molar-refractivity contribution is -0.0419. The smallest absolute Gasteiger partial charge is 0.299 e. The van der Waals surface area contributed by atoms with E-state index in [0.717, 1.165) is 11.1 Å². The summed E-state index contributed by atoms with van der Waals surface area (Å²) in [6, 6.07) is 11.7. The van der Waals surface area contributed by atoms with E-state index < -0.39 is 33.1 Å². The molecule has 1 atom stereocenters. The Balaban J connectivity index is 2.01. The second-order valence-corrected chi connectivity index (χ2v) is 8.56. The molecule has 7 nitrogen and oxygen atoms in total. The number of aliphatic hydroxyl groups excluding tert-OH is 1. The highest BCUT2D eigenvalue weighted by Crippen LogP contribution is 2.17. The molecule has 2 aromatic rings. The molecule has 9 heteroatoms. The van der Waals surface area contributed by atoms with E-state index in [4.69, 9.17) is 0 Å². The van der Waals surface area contributed by atoms with Crippen molar-refractivity contribution >= 4 is 20.2 Å². The van der Waals surface area contributed by atoms with E-state index in [1.54, 1.807) is 38.1 Å². The molecule has 1 unspecified atom stereocenters. The average Bonchev–Trinajstić information content (AvgIpc) is 2.53. The lowest BCUT2D eigenvalue weighted by atomic mass is 10.2. The SMILES string of the molecule is Cc1ccc(S(=O)(=O)OCC(O)OS(=O)(=O)c2ccc(C)cc2)cc1. The van der Waals surface area contributed by atoms with Gasteiger partial charge in [0.2, 0.25) is 0 Å². The molecule has 0 fully saturated rings. The molecule has 0 saturated heterocycles. The van der Waals surface area contributed by atoms with Crippen LogP contribution in [-0.2, 0) is 28.6 Å². The van der Waals surface area contributed by atoms with Crippen LogP contribution >= 0.6 is 0 Å². The van der Waals surface area contributed by atoms with Crippen LogP contribution in [0.15, 0.2) is 58.3 Å². The molecule has 0 saturated carbocycles. The first-order valence-corrected chi connectivity index (χ1v) is 10.1. The van der Waals surface area contributed by atoms with Gasteiger partial charge in [0.05, 0.1) is 9.79 Å². The van der Waals surface area contributed by atoms with Gasteiger partial charge < -0.3 is 5.11 Å². The van der Waals surface area contributed by atoms with E-state index in [9.17, 15) is 21.9 Å². The third kappa shape index (κ3) is 5.35. The maximum atomic E-state index is 12.0.